The second kappa shape index (κ2) is 7.76. The van der Waals surface area contributed by atoms with Gasteiger partial charge in [0.25, 0.3) is 0 Å². The monoisotopic (exact) mass is 392 g/mol. The number of hydrogen-bond donors (Lipinski definition) is 0. The lowest BCUT2D eigenvalue weighted by molar-refractivity contribution is -0.128. The van der Waals surface area contributed by atoms with E-state index in [1.54, 1.807) is 18.9 Å². The van der Waals surface area contributed by atoms with Crippen LogP contribution in [0.15, 0.2) is 60.7 Å². The molecule has 1 heterocycles. The van der Waals surface area contributed by atoms with Crippen molar-refractivity contribution in [1.82, 2.24) is 4.90 Å². The molecule has 0 bridgehead atoms. The minimum atomic E-state index is 0.0238. The molecule has 3 aromatic carbocycles. The van der Waals surface area contributed by atoms with Crippen LogP contribution < -0.4 is 9.64 Å². The lowest BCUT2D eigenvalue weighted by atomic mass is 10.0. The van der Waals surface area contributed by atoms with Gasteiger partial charge < -0.3 is 14.5 Å². The largest absolute Gasteiger partial charge is 0.497 e. The van der Waals surface area contributed by atoms with Crippen LogP contribution in [-0.4, -0.2) is 37.8 Å². The normalized spacial score (nSPS) is 16.6. The highest BCUT2D eigenvalue weighted by atomic mass is 32.2. The molecule has 0 radical (unpaired) electrons. The van der Waals surface area contributed by atoms with Gasteiger partial charge in [-0.3, -0.25) is 4.79 Å². The third-order valence-corrected chi connectivity index (χ3v) is 6.40. The van der Waals surface area contributed by atoms with Gasteiger partial charge >= 0.3 is 0 Å². The molecule has 1 atom stereocenters. The van der Waals surface area contributed by atoms with Crippen LogP contribution in [0.1, 0.15) is 16.5 Å². The number of anilines is 1. The zero-order valence-electron chi connectivity index (χ0n) is 16.4. The van der Waals surface area contributed by atoms with E-state index in [-0.39, 0.29) is 11.3 Å². The maximum absolute atomic E-state index is 12.7. The van der Waals surface area contributed by atoms with Gasteiger partial charge in [0, 0.05) is 31.7 Å². The number of fused-ring (bicyclic) bond motifs is 1. The van der Waals surface area contributed by atoms with E-state index in [2.05, 4.69) is 55.4 Å². The zero-order chi connectivity index (χ0) is 19.7. The van der Waals surface area contributed by atoms with Crippen molar-refractivity contribution in [3.8, 4) is 5.75 Å². The summed E-state index contributed by atoms with van der Waals surface area (Å²) in [5.74, 6) is 1.53. The summed E-state index contributed by atoms with van der Waals surface area (Å²) in [5, 5.41) is 2.45. The number of carbonyl (C=O) groups excluding carboxylic acids is 1. The SMILES string of the molecule is COc1ccc(CN2C(=O)CSC2c2ccc(N(C)C)c3ccccc23)cc1. The predicted molar refractivity (Wildman–Crippen MR) is 117 cm³/mol. The summed E-state index contributed by atoms with van der Waals surface area (Å²) >= 11 is 1.71. The number of amides is 1. The molecule has 3 aromatic rings. The summed E-state index contributed by atoms with van der Waals surface area (Å²) in [4.78, 5) is 16.8. The Morgan fingerprint density at radius 2 is 1.75 bits per heavy atom. The molecule has 1 aliphatic heterocycles. The third kappa shape index (κ3) is 3.42. The molecule has 5 heteroatoms. The Hall–Kier alpha value is -2.66. The molecule has 0 spiro atoms. The van der Waals surface area contributed by atoms with Gasteiger partial charge in [-0.25, -0.2) is 0 Å². The Bertz CT molecular complexity index is 1000. The summed E-state index contributed by atoms with van der Waals surface area (Å²) in [5.41, 5.74) is 3.50. The second-order valence-electron chi connectivity index (χ2n) is 7.15. The number of carbonyl (C=O) groups is 1. The molecule has 4 nitrogen and oxygen atoms in total. The van der Waals surface area contributed by atoms with Crippen molar-refractivity contribution < 1.29 is 9.53 Å². The van der Waals surface area contributed by atoms with Crippen LogP contribution in [0.5, 0.6) is 5.75 Å². The molecule has 1 amide bonds. The predicted octanol–water partition coefficient (Wildman–Crippen LogP) is 4.69. The van der Waals surface area contributed by atoms with E-state index in [9.17, 15) is 4.79 Å². The first kappa shape index (κ1) is 18.7. The topological polar surface area (TPSA) is 32.8 Å². The standard InChI is InChI=1S/C23H24N2O2S/c1-24(2)21-13-12-20(18-6-4-5-7-19(18)21)23-25(22(26)15-28-23)14-16-8-10-17(27-3)11-9-16/h4-13,23H,14-15H2,1-3H3. The Morgan fingerprint density at radius 3 is 2.43 bits per heavy atom. The summed E-state index contributed by atoms with van der Waals surface area (Å²) in [6.07, 6.45) is 0. The molecule has 28 heavy (non-hydrogen) atoms. The molecule has 0 aliphatic carbocycles. The lowest BCUT2D eigenvalue weighted by Crippen LogP contribution is -2.27. The van der Waals surface area contributed by atoms with Crippen LogP contribution in [0.4, 0.5) is 5.69 Å². The van der Waals surface area contributed by atoms with Crippen LogP contribution in [0.25, 0.3) is 10.8 Å². The first-order chi connectivity index (χ1) is 13.6. The maximum atomic E-state index is 12.7. The first-order valence-corrected chi connectivity index (χ1v) is 10.4. The van der Waals surface area contributed by atoms with Crippen LogP contribution in [0, 0.1) is 0 Å². The number of thioether (sulfide) groups is 1. The van der Waals surface area contributed by atoms with E-state index >= 15 is 0 Å². The van der Waals surface area contributed by atoms with Crippen molar-refractivity contribution in [3.05, 3.63) is 71.8 Å². The van der Waals surface area contributed by atoms with Crippen molar-refractivity contribution in [2.45, 2.75) is 11.9 Å². The van der Waals surface area contributed by atoms with Crippen LogP contribution >= 0.6 is 11.8 Å². The van der Waals surface area contributed by atoms with Crippen molar-refractivity contribution in [1.29, 1.82) is 0 Å². The van der Waals surface area contributed by atoms with Crippen LogP contribution in [0.3, 0.4) is 0 Å². The average Bonchev–Trinajstić information content (AvgIpc) is 3.07. The number of ether oxygens (including phenoxy) is 1. The third-order valence-electron chi connectivity index (χ3n) is 5.16. The summed E-state index contributed by atoms with van der Waals surface area (Å²) in [7, 11) is 5.78. The molecule has 1 aliphatic rings. The van der Waals surface area contributed by atoms with Crippen molar-refractivity contribution in [3.63, 3.8) is 0 Å². The van der Waals surface area contributed by atoms with Gasteiger partial charge in [-0.1, -0.05) is 42.5 Å². The van der Waals surface area contributed by atoms with Crippen molar-refractivity contribution in [2.24, 2.45) is 0 Å². The van der Waals surface area contributed by atoms with E-state index in [0.717, 1.165) is 11.3 Å². The van der Waals surface area contributed by atoms with E-state index in [0.29, 0.717) is 12.3 Å². The maximum Gasteiger partial charge on any atom is 0.234 e. The Balaban J connectivity index is 1.71. The number of hydrogen-bond acceptors (Lipinski definition) is 4. The molecule has 0 N–H and O–H groups in total. The zero-order valence-corrected chi connectivity index (χ0v) is 17.2. The smallest absolute Gasteiger partial charge is 0.234 e. The van der Waals surface area contributed by atoms with Gasteiger partial charge in [0.15, 0.2) is 0 Å². The Labute approximate surface area is 170 Å². The fourth-order valence-electron chi connectivity index (χ4n) is 3.72. The highest BCUT2D eigenvalue weighted by molar-refractivity contribution is 8.00. The minimum absolute atomic E-state index is 0.0238. The first-order valence-electron chi connectivity index (χ1n) is 9.31. The second-order valence-corrected chi connectivity index (χ2v) is 8.22. The minimum Gasteiger partial charge on any atom is -0.497 e. The molecule has 1 saturated heterocycles. The number of nitrogens with zero attached hydrogens (tertiary/aromatic N) is 2. The number of benzene rings is 3. The fraction of sp³-hybridized carbons (Fsp3) is 0.261. The molecule has 1 fully saturated rings. The van der Waals surface area contributed by atoms with Gasteiger partial charge in [0.1, 0.15) is 11.1 Å². The van der Waals surface area contributed by atoms with Gasteiger partial charge in [-0.15, -0.1) is 11.8 Å². The summed E-state index contributed by atoms with van der Waals surface area (Å²) < 4.78 is 5.24. The quantitative estimate of drug-likeness (QED) is 0.631. The van der Waals surface area contributed by atoms with Crippen LogP contribution in [0.2, 0.25) is 0 Å². The molecule has 1 unspecified atom stereocenters. The number of rotatable bonds is 5. The number of methoxy groups -OCH3 is 1. The van der Waals surface area contributed by atoms with E-state index in [1.165, 1.54) is 22.0 Å². The van der Waals surface area contributed by atoms with E-state index in [4.69, 9.17) is 4.74 Å². The molecular formula is C23H24N2O2S. The summed E-state index contributed by atoms with van der Waals surface area (Å²) in [6, 6.07) is 20.7. The van der Waals surface area contributed by atoms with Gasteiger partial charge in [0.2, 0.25) is 5.91 Å². The van der Waals surface area contributed by atoms with Gasteiger partial charge in [0.05, 0.1) is 12.9 Å². The van der Waals surface area contributed by atoms with E-state index in [1.807, 2.05) is 29.2 Å². The molecular weight excluding hydrogens is 368 g/mol. The Kier molecular flexibility index (Phi) is 5.18. The molecule has 0 aromatic heterocycles. The highest BCUT2D eigenvalue weighted by Crippen LogP contribution is 2.43. The van der Waals surface area contributed by atoms with Gasteiger partial charge in [-0.2, -0.15) is 0 Å². The fourth-order valence-corrected chi connectivity index (χ4v) is 4.95. The van der Waals surface area contributed by atoms with Gasteiger partial charge in [-0.05, 0) is 34.7 Å². The molecule has 0 saturated carbocycles. The van der Waals surface area contributed by atoms with Crippen molar-refractivity contribution in [2.75, 3.05) is 31.9 Å². The Morgan fingerprint density at radius 1 is 1.04 bits per heavy atom. The van der Waals surface area contributed by atoms with Crippen molar-refractivity contribution >= 4 is 34.1 Å². The van der Waals surface area contributed by atoms with Crippen LogP contribution in [-0.2, 0) is 11.3 Å². The molecule has 4 rings (SSSR count). The summed E-state index contributed by atoms with van der Waals surface area (Å²) in [6.45, 7) is 0.601. The lowest BCUT2D eigenvalue weighted by Gasteiger charge is -2.26. The highest BCUT2D eigenvalue weighted by Gasteiger charge is 2.34. The average molecular weight is 393 g/mol. The molecule has 144 valence electrons. The van der Waals surface area contributed by atoms with E-state index < -0.39 is 0 Å².